The number of benzene rings is 1. The molecule has 0 amide bonds. The molecule has 7 heteroatoms. The van der Waals surface area contributed by atoms with Crippen molar-refractivity contribution in [3.8, 4) is 5.75 Å². The number of aryl methyl sites for hydroxylation is 1. The molecule has 1 aromatic heterocycles. The fourth-order valence-electron chi connectivity index (χ4n) is 2.75. The molecule has 6 nitrogen and oxygen atoms in total. The van der Waals surface area contributed by atoms with E-state index in [1.54, 1.807) is 43.4 Å². The van der Waals surface area contributed by atoms with Crippen LogP contribution in [0.25, 0.3) is 0 Å². The Labute approximate surface area is 141 Å². The van der Waals surface area contributed by atoms with Crippen LogP contribution in [0.15, 0.2) is 52.2 Å². The molecule has 0 aliphatic carbocycles. The molecular weight excluding hydrogens is 328 g/mol. The summed E-state index contributed by atoms with van der Waals surface area (Å²) in [5.41, 5.74) is 0.654. The van der Waals surface area contributed by atoms with E-state index in [1.807, 2.05) is 6.92 Å². The van der Waals surface area contributed by atoms with Gasteiger partial charge in [0.05, 0.1) is 11.4 Å². The van der Waals surface area contributed by atoms with Gasteiger partial charge in [-0.2, -0.15) is 4.31 Å². The van der Waals surface area contributed by atoms with Crippen molar-refractivity contribution in [3.63, 3.8) is 0 Å². The Kier molecular flexibility index (Phi) is 4.47. The molecule has 1 atom stereocenters. The molecule has 2 aromatic rings. The summed E-state index contributed by atoms with van der Waals surface area (Å²) in [4.78, 5) is 12.1. The van der Waals surface area contributed by atoms with Crippen molar-refractivity contribution in [2.24, 2.45) is 7.05 Å². The Morgan fingerprint density at radius 3 is 2.54 bits per heavy atom. The Balaban J connectivity index is 1.73. The van der Waals surface area contributed by atoms with Crippen LogP contribution in [0.3, 0.4) is 0 Å². The molecule has 1 saturated heterocycles. The summed E-state index contributed by atoms with van der Waals surface area (Å²) in [6.45, 7) is 2.52. The second-order valence-corrected chi connectivity index (χ2v) is 7.87. The normalized spacial score (nSPS) is 18.7. The molecule has 1 aromatic carbocycles. The number of nitrogens with zero attached hydrogens (tertiary/aromatic N) is 2. The number of hydrogen-bond donors (Lipinski definition) is 0. The van der Waals surface area contributed by atoms with Crippen LogP contribution in [0.4, 0.5) is 0 Å². The van der Waals surface area contributed by atoms with Crippen molar-refractivity contribution in [2.75, 3.05) is 13.1 Å². The largest absolute Gasteiger partial charge is 0.489 e. The molecule has 0 bridgehead atoms. The molecule has 1 aliphatic rings. The minimum atomic E-state index is -3.50. The van der Waals surface area contributed by atoms with Crippen LogP contribution in [0.1, 0.15) is 12.1 Å². The van der Waals surface area contributed by atoms with Crippen molar-refractivity contribution in [1.82, 2.24) is 8.87 Å². The van der Waals surface area contributed by atoms with Crippen molar-refractivity contribution >= 4 is 10.0 Å². The molecular formula is C17H20N2O4S. The van der Waals surface area contributed by atoms with E-state index < -0.39 is 10.0 Å². The third-order valence-electron chi connectivity index (χ3n) is 4.27. The topological polar surface area (TPSA) is 68.6 Å². The lowest BCUT2D eigenvalue weighted by atomic mass is 10.3. The summed E-state index contributed by atoms with van der Waals surface area (Å²) in [7, 11) is -1.80. The van der Waals surface area contributed by atoms with Crippen LogP contribution in [0, 0.1) is 6.92 Å². The summed E-state index contributed by atoms with van der Waals surface area (Å²) < 4.78 is 34.0. The quantitative estimate of drug-likeness (QED) is 0.840. The lowest BCUT2D eigenvalue weighted by Crippen LogP contribution is -2.31. The van der Waals surface area contributed by atoms with E-state index >= 15 is 0 Å². The van der Waals surface area contributed by atoms with Gasteiger partial charge in [0, 0.05) is 25.4 Å². The fraction of sp³-hybridized carbons (Fsp3) is 0.353. The molecule has 0 radical (unpaired) electrons. The monoisotopic (exact) mass is 348 g/mol. The first-order valence-corrected chi connectivity index (χ1v) is 9.21. The van der Waals surface area contributed by atoms with E-state index in [-0.39, 0.29) is 23.1 Å². The lowest BCUT2D eigenvalue weighted by molar-refractivity contribution is 0.214. The molecule has 0 N–H and O–H groups in total. The van der Waals surface area contributed by atoms with Gasteiger partial charge in [-0.15, -0.1) is 0 Å². The molecule has 0 spiro atoms. The summed E-state index contributed by atoms with van der Waals surface area (Å²) in [5, 5.41) is 0. The standard InChI is InChI=1S/C17H20N2O4S/c1-13-10-15(11-17(20)18(13)2)23-14-8-9-19(12-14)24(21,22)16-6-4-3-5-7-16/h3-7,10-11,14H,8-9,12H2,1-2H3/t14-/m0/s1. The maximum atomic E-state index is 12.6. The average molecular weight is 348 g/mol. The van der Waals surface area contributed by atoms with Crippen LogP contribution in [-0.2, 0) is 17.1 Å². The van der Waals surface area contributed by atoms with Crippen molar-refractivity contribution in [2.45, 2.75) is 24.3 Å². The van der Waals surface area contributed by atoms with Gasteiger partial charge in [0.1, 0.15) is 11.9 Å². The molecule has 24 heavy (non-hydrogen) atoms. The van der Waals surface area contributed by atoms with E-state index in [4.69, 9.17) is 4.74 Å². The third-order valence-corrected chi connectivity index (χ3v) is 6.15. The molecule has 2 heterocycles. The Morgan fingerprint density at radius 2 is 1.88 bits per heavy atom. The summed E-state index contributed by atoms with van der Waals surface area (Å²) >= 11 is 0. The van der Waals surface area contributed by atoms with Crippen molar-refractivity contribution in [3.05, 3.63) is 58.5 Å². The van der Waals surface area contributed by atoms with E-state index in [0.717, 1.165) is 5.69 Å². The second-order valence-electron chi connectivity index (χ2n) is 5.93. The maximum absolute atomic E-state index is 12.6. The summed E-state index contributed by atoms with van der Waals surface area (Å²) in [5.74, 6) is 0.486. The summed E-state index contributed by atoms with van der Waals surface area (Å²) in [6.07, 6.45) is 0.343. The van der Waals surface area contributed by atoms with Crippen LogP contribution in [0.5, 0.6) is 5.75 Å². The summed E-state index contributed by atoms with van der Waals surface area (Å²) in [6, 6.07) is 11.6. The SMILES string of the molecule is Cc1cc(O[C@H]2CCN(S(=O)(=O)c3ccccc3)C2)cc(=O)n1C. The fourth-order valence-corrected chi connectivity index (χ4v) is 4.26. The predicted molar refractivity (Wildman–Crippen MR) is 90.7 cm³/mol. The smallest absolute Gasteiger partial charge is 0.254 e. The number of aromatic nitrogens is 1. The number of sulfonamides is 1. The van der Waals surface area contributed by atoms with Gasteiger partial charge < -0.3 is 9.30 Å². The van der Waals surface area contributed by atoms with Crippen molar-refractivity contribution < 1.29 is 13.2 Å². The molecule has 0 unspecified atom stereocenters. The highest BCUT2D eigenvalue weighted by Crippen LogP contribution is 2.23. The van der Waals surface area contributed by atoms with Gasteiger partial charge in [-0.25, -0.2) is 8.42 Å². The first kappa shape index (κ1) is 16.7. The molecule has 128 valence electrons. The Hall–Kier alpha value is -2.12. The van der Waals surface area contributed by atoms with Gasteiger partial charge in [0.25, 0.3) is 5.56 Å². The zero-order chi connectivity index (χ0) is 17.3. The first-order valence-electron chi connectivity index (χ1n) is 7.77. The van der Waals surface area contributed by atoms with Crippen molar-refractivity contribution in [1.29, 1.82) is 0 Å². The molecule has 1 aliphatic heterocycles. The highest BCUT2D eigenvalue weighted by molar-refractivity contribution is 7.89. The zero-order valence-corrected chi connectivity index (χ0v) is 14.5. The van der Waals surface area contributed by atoms with Crippen LogP contribution < -0.4 is 10.3 Å². The minimum absolute atomic E-state index is 0.142. The number of ether oxygens (including phenoxy) is 1. The Morgan fingerprint density at radius 1 is 1.17 bits per heavy atom. The van der Waals surface area contributed by atoms with Crippen LogP contribution >= 0.6 is 0 Å². The van der Waals surface area contributed by atoms with Gasteiger partial charge in [0.2, 0.25) is 10.0 Å². The van der Waals surface area contributed by atoms with E-state index in [1.165, 1.54) is 14.9 Å². The average Bonchev–Trinajstić information content (AvgIpc) is 3.02. The Bertz CT molecular complexity index is 891. The minimum Gasteiger partial charge on any atom is -0.489 e. The van der Waals surface area contributed by atoms with Gasteiger partial charge in [0.15, 0.2) is 0 Å². The zero-order valence-electron chi connectivity index (χ0n) is 13.7. The number of rotatable bonds is 4. The van der Waals surface area contributed by atoms with Crippen LogP contribution in [0.2, 0.25) is 0 Å². The maximum Gasteiger partial charge on any atom is 0.254 e. The van der Waals surface area contributed by atoms with Crippen LogP contribution in [-0.4, -0.2) is 36.5 Å². The van der Waals surface area contributed by atoms with E-state index in [0.29, 0.717) is 18.7 Å². The highest BCUT2D eigenvalue weighted by atomic mass is 32.2. The number of hydrogen-bond acceptors (Lipinski definition) is 4. The van der Waals surface area contributed by atoms with E-state index in [9.17, 15) is 13.2 Å². The molecule has 0 saturated carbocycles. The molecule has 1 fully saturated rings. The van der Waals surface area contributed by atoms with Gasteiger partial charge in [-0.3, -0.25) is 4.79 Å². The third kappa shape index (κ3) is 3.22. The molecule has 3 rings (SSSR count). The second kappa shape index (κ2) is 6.41. The predicted octanol–water partition coefficient (Wildman–Crippen LogP) is 1.54. The van der Waals surface area contributed by atoms with Gasteiger partial charge >= 0.3 is 0 Å². The lowest BCUT2D eigenvalue weighted by Gasteiger charge is -2.17. The number of pyridine rings is 1. The van der Waals surface area contributed by atoms with Gasteiger partial charge in [-0.05, 0) is 31.5 Å². The first-order chi connectivity index (χ1) is 11.4. The highest BCUT2D eigenvalue weighted by Gasteiger charge is 2.33. The van der Waals surface area contributed by atoms with E-state index in [2.05, 4.69) is 0 Å². The van der Waals surface area contributed by atoms with Gasteiger partial charge in [-0.1, -0.05) is 18.2 Å².